The molecule has 0 aliphatic rings. The van der Waals surface area contributed by atoms with E-state index >= 15 is 0 Å². The number of methoxy groups -OCH3 is 1. The van der Waals surface area contributed by atoms with Crippen LogP contribution in [0.4, 0.5) is 4.79 Å². The molecule has 3 aromatic rings. The molecular formula is C19H21N5NiO4. The van der Waals surface area contributed by atoms with Crippen molar-refractivity contribution in [3.63, 3.8) is 0 Å². The zero-order chi connectivity index (χ0) is 19.5. The summed E-state index contributed by atoms with van der Waals surface area (Å²) >= 11 is 0. The first kappa shape index (κ1) is 25.5. The number of carbonyl (C=O) groups excluding carboxylic acids is 1. The van der Waals surface area contributed by atoms with Gasteiger partial charge in [-0.25, -0.2) is 10.2 Å². The van der Waals surface area contributed by atoms with Gasteiger partial charge in [-0.2, -0.15) is 5.10 Å². The van der Waals surface area contributed by atoms with Crippen molar-refractivity contribution in [1.29, 1.82) is 0 Å². The molecule has 0 aliphatic heterocycles. The van der Waals surface area contributed by atoms with E-state index in [1.807, 2.05) is 41.8 Å². The Labute approximate surface area is 177 Å². The molecular weight excluding hydrogens is 421 g/mol. The van der Waals surface area contributed by atoms with E-state index < -0.39 is 6.03 Å². The number of benzene rings is 1. The van der Waals surface area contributed by atoms with Gasteiger partial charge in [0.15, 0.2) is 11.5 Å². The fourth-order valence-electron chi connectivity index (χ4n) is 2.00. The van der Waals surface area contributed by atoms with Gasteiger partial charge in [0, 0.05) is 34.4 Å². The first-order valence-electron chi connectivity index (χ1n) is 7.88. The molecule has 0 radical (unpaired) electrons. The number of hydrogen-bond donors (Lipinski definition) is 3. The third kappa shape index (κ3) is 8.38. The van der Waals surface area contributed by atoms with Gasteiger partial charge in [-0.15, -0.1) is 0 Å². The molecule has 0 spiro atoms. The molecule has 2 aromatic heterocycles. The zero-order valence-corrected chi connectivity index (χ0v) is 16.4. The number of para-hydroxylation sites is 1. The molecule has 0 saturated heterocycles. The normalized spacial score (nSPS) is 9.28. The van der Waals surface area contributed by atoms with Crippen LogP contribution in [0.15, 0.2) is 72.1 Å². The van der Waals surface area contributed by atoms with Crippen LogP contribution in [-0.4, -0.2) is 39.9 Å². The van der Waals surface area contributed by atoms with E-state index in [9.17, 15) is 9.90 Å². The molecule has 0 atom stereocenters. The van der Waals surface area contributed by atoms with Crippen molar-refractivity contribution in [3.05, 3.63) is 72.6 Å². The quantitative estimate of drug-likeness (QED) is 0.319. The van der Waals surface area contributed by atoms with Crippen LogP contribution >= 0.6 is 0 Å². The summed E-state index contributed by atoms with van der Waals surface area (Å²) in [5, 5.41) is 13.1. The van der Waals surface area contributed by atoms with E-state index in [1.165, 1.54) is 13.3 Å². The van der Waals surface area contributed by atoms with Crippen LogP contribution in [0.2, 0.25) is 0 Å². The maximum absolute atomic E-state index is 10.3. The Morgan fingerprint density at radius 3 is 2.10 bits per heavy atom. The molecule has 2 amide bonds. The third-order valence-corrected chi connectivity index (χ3v) is 3.22. The maximum Gasteiger partial charge on any atom is 0.332 e. The third-order valence-electron chi connectivity index (χ3n) is 3.22. The minimum atomic E-state index is -0.770. The summed E-state index contributed by atoms with van der Waals surface area (Å²) in [5.74, 6) is 0.285. The van der Waals surface area contributed by atoms with Crippen LogP contribution in [0.25, 0.3) is 11.4 Å². The summed E-state index contributed by atoms with van der Waals surface area (Å²) < 4.78 is 4.89. The van der Waals surface area contributed by atoms with E-state index in [1.54, 1.807) is 30.6 Å². The number of urea groups is 1. The number of phenolic OH excluding ortho intramolecular Hbond substituents is 1. The summed E-state index contributed by atoms with van der Waals surface area (Å²) in [7, 11) is 1.44. The molecule has 9 nitrogen and oxygen atoms in total. The Hall–Kier alpha value is -3.49. The van der Waals surface area contributed by atoms with Gasteiger partial charge in [-0.1, -0.05) is 18.2 Å². The average Bonchev–Trinajstić information content (AvgIpc) is 2.71. The SMILES string of the molecule is COc1cccc(/C=N/NC(N)=O)c1O.O.[Ni].c1ccc(-c2ccccn2)nc1. The van der Waals surface area contributed by atoms with E-state index in [0.717, 1.165) is 11.4 Å². The molecule has 0 bridgehead atoms. The molecule has 6 N–H and O–H groups in total. The number of ether oxygens (including phenoxy) is 1. The number of nitrogens with two attached hydrogens (primary N) is 1. The molecule has 3 rings (SSSR count). The molecule has 0 saturated carbocycles. The van der Waals surface area contributed by atoms with Gasteiger partial charge in [0.05, 0.1) is 24.7 Å². The minimum Gasteiger partial charge on any atom is -0.504 e. The standard InChI is InChI=1S/C10H8N2.C9H11N3O3.Ni.H2O/c1-3-7-11-9(5-1)10-6-2-4-8-12-10;1-15-7-4-2-3-6(8(7)13)5-11-12-9(10)14;;/h1-8H;2-5,13H,1H3,(H3,10,12,14);;1H2/b;11-5+;;. The monoisotopic (exact) mass is 441 g/mol. The van der Waals surface area contributed by atoms with Crippen molar-refractivity contribution >= 4 is 12.2 Å². The van der Waals surface area contributed by atoms with E-state index in [-0.39, 0.29) is 27.7 Å². The number of pyridine rings is 2. The Bertz CT molecular complexity index is 858. The molecule has 0 fully saturated rings. The predicted molar refractivity (Wildman–Crippen MR) is 106 cm³/mol. The Kier molecular flexibility index (Phi) is 12.0. The number of nitrogens with zero attached hydrogens (tertiary/aromatic N) is 3. The van der Waals surface area contributed by atoms with Crippen molar-refractivity contribution in [2.75, 3.05) is 7.11 Å². The van der Waals surface area contributed by atoms with Crippen LogP contribution < -0.4 is 15.9 Å². The number of phenols is 1. The molecule has 156 valence electrons. The number of hydrazone groups is 1. The Morgan fingerprint density at radius 2 is 1.66 bits per heavy atom. The summed E-state index contributed by atoms with van der Waals surface area (Å²) in [6, 6.07) is 15.7. The molecule has 0 unspecified atom stereocenters. The van der Waals surface area contributed by atoms with Crippen LogP contribution in [0, 0.1) is 0 Å². The van der Waals surface area contributed by atoms with Gasteiger partial charge in [0.1, 0.15) is 0 Å². The van der Waals surface area contributed by atoms with Crippen molar-refractivity contribution in [2.45, 2.75) is 0 Å². The molecule has 1 aromatic carbocycles. The second-order valence-electron chi connectivity index (χ2n) is 5.06. The summed E-state index contributed by atoms with van der Waals surface area (Å²) in [4.78, 5) is 18.7. The fourth-order valence-corrected chi connectivity index (χ4v) is 2.00. The first-order chi connectivity index (χ1) is 13.1. The smallest absolute Gasteiger partial charge is 0.332 e. The number of primary amides is 1. The maximum atomic E-state index is 10.3. The Morgan fingerprint density at radius 1 is 1.07 bits per heavy atom. The van der Waals surface area contributed by atoms with E-state index in [0.29, 0.717) is 11.3 Å². The second kappa shape index (κ2) is 13.6. The van der Waals surface area contributed by atoms with Crippen molar-refractivity contribution < 1.29 is 36.6 Å². The minimum absolute atomic E-state index is 0. The predicted octanol–water partition coefficient (Wildman–Crippen LogP) is 1.72. The first-order valence-corrected chi connectivity index (χ1v) is 7.88. The van der Waals surface area contributed by atoms with Gasteiger partial charge in [-0.05, 0) is 36.4 Å². The zero-order valence-electron chi connectivity index (χ0n) is 15.4. The molecule has 2 heterocycles. The number of aromatic hydroxyl groups is 1. The number of hydrogen-bond acceptors (Lipinski definition) is 6. The molecule has 29 heavy (non-hydrogen) atoms. The van der Waals surface area contributed by atoms with Gasteiger partial charge >= 0.3 is 6.03 Å². The van der Waals surface area contributed by atoms with Gasteiger partial charge in [0.25, 0.3) is 0 Å². The largest absolute Gasteiger partial charge is 0.504 e. The summed E-state index contributed by atoms with van der Waals surface area (Å²) in [5.41, 5.74) is 9.06. The second-order valence-corrected chi connectivity index (χ2v) is 5.06. The van der Waals surface area contributed by atoms with E-state index in [2.05, 4.69) is 15.1 Å². The van der Waals surface area contributed by atoms with Crippen LogP contribution in [0.3, 0.4) is 0 Å². The van der Waals surface area contributed by atoms with Gasteiger partial charge in [0.2, 0.25) is 0 Å². The van der Waals surface area contributed by atoms with Crippen LogP contribution in [0.5, 0.6) is 11.5 Å². The van der Waals surface area contributed by atoms with Crippen molar-refractivity contribution in [1.82, 2.24) is 15.4 Å². The fraction of sp³-hybridized carbons (Fsp3) is 0.0526. The topological polar surface area (TPSA) is 154 Å². The van der Waals surface area contributed by atoms with Gasteiger partial charge in [-0.3, -0.25) is 9.97 Å². The molecule has 0 aliphatic carbocycles. The number of amides is 2. The number of aromatic nitrogens is 2. The summed E-state index contributed by atoms with van der Waals surface area (Å²) in [6.07, 6.45) is 4.80. The number of rotatable bonds is 4. The number of carbonyl (C=O) groups is 1. The summed E-state index contributed by atoms with van der Waals surface area (Å²) in [6.45, 7) is 0. The Balaban J connectivity index is 0.000000514. The van der Waals surface area contributed by atoms with Crippen LogP contribution in [0.1, 0.15) is 5.56 Å². The van der Waals surface area contributed by atoms with Crippen molar-refractivity contribution in [3.8, 4) is 22.9 Å². The molecule has 10 heteroatoms. The van der Waals surface area contributed by atoms with E-state index in [4.69, 9.17) is 10.5 Å². The average molecular weight is 442 g/mol. The number of nitrogens with one attached hydrogen (secondary N) is 1. The van der Waals surface area contributed by atoms with Gasteiger partial charge < -0.3 is 21.1 Å². The van der Waals surface area contributed by atoms with Crippen molar-refractivity contribution in [2.24, 2.45) is 10.8 Å². The van der Waals surface area contributed by atoms with Crippen LogP contribution in [-0.2, 0) is 16.5 Å².